The predicted octanol–water partition coefficient (Wildman–Crippen LogP) is 5.22. The number of hydrogen-bond acceptors (Lipinski definition) is 5. The molecule has 1 aromatic heterocycles. The first-order valence-corrected chi connectivity index (χ1v) is 12.3. The second-order valence-corrected chi connectivity index (χ2v) is 8.64. The highest BCUT2D eigenvalue weighted by Gasteiger charge is 2.13. The molecule has 4 rings (SSSR count). The standard InChI is InChI=1S/C27H27N3O3S/c1-2-33-18-8-17-30-26(32)23-11-6-7-12-24(23)29-27(30)34-19-25(31)28-22-15-13-21(14-16-22)20-9-4-3-5-10-20/h3-7,9-16H,2,8,17-19H2,1H3,(H,28,31). The van der Waals surface area contributed by atoms with Gasteiger partial charge in [-0.15, -0.1) is 0 Å². The number of thioether (sulfide) groups is 1. The first kappa shape index (κ1) is 23.7. The van der Waals surface area contributed by atoms with Crippen LogP contribution in [0.1, 0.15) is 13.3 Å². The number of benzene rings is 3. The van der Waals surface area contributed by atoms with Gasteiger partial charge < -0.3 is 10.1 Å². The fourth-order valence-corrected chi connectivity index (χ4v) is 4.45. The van der Waals surface area contributed by atoms with E-state index in [1.165, 1.54) is 11.8 Å². The Balaban J connectivity index is 1.44. The SMILES string of the molecule is CCOCCCn1c(SCC(=O)Nc2ccc(-c3ccccc3)cc2)nc2ccccc2c1=O. The molecule has 1 amide bonds. The number of aromatic nitrogens is 2. The Kier molecular flexibility index (Phi) is 8.12. The molecule has 7 heteroatoms. The fraction of sp³-hybridized carbons (Fsp3) is 0.222. The summed E-state index contributed by atoms with van der Waals surface area (Å²) in [5, 5.41) is 4.04. The summed E-state index contributed by atoms with van der Waals surface area (Å²) in [5.74, 6) is -0.00262. The van der Waals surface area contributed by atoms with E-state index in [1.54, 1.807) is 10.6 Å². The molecule has 0 aliphatic heterocycles. The molecule has 0 spiro atoms. The van der Waals surface area contributed by atoms with E-state index in [4.69, 9.17) is 4.74 Å². The average Bonchev–Trinajstić information content (AvgIpc) is 2.87. The molecule has 1 heterocycles. The van der Waals surface area contributed by atoms with Gasteiger partial charge in [0.15, 0.2) is 5.16 Å². The molecule has 3 aromatic carbocycles. The molecule has 0 fully saturated rings. The molecule has 0 aliphatic rings. The minimum Gasteiger partial charge on any atom is -0.382 e. The number of nitrogens with zero attached hydrogens (tertiary/aromatic N) is 2. The lowest BCUT2D eigenvalue weighted by atomic mass is 10.1. The number of para-hydroxylation sites is 1. The molecule has 0 saturated carbocycles. The van der Waals surface area contributed by atoms with Crippen LogP contribution in [-0.4, -0.2) is 34.4 Å². The van der Waals surface area contributed by atoms with Crippen molar-refractivity contribution in [2.45, 2.75) is 25.0 Å². The summed E-state index contributed by atoms with van der Waals surface area (Å²) >= 11 is 1.27. The maximum atomic E-state index is 13.1. The predicted molar refractivity (Wildman–Crippen MR) is 138 cm³/mol. The maximum Gasteiger partial charge on any atom is 0.262 e. The number of ether oxygens (including phenoxy) is 1. The maximum absolute atomic E-state index is 13.1. The van der Waals surface area contributed by atoms with Crippen LogP contribution in [0.4, 0.5) is 5.69 Å². The third-order valence-corrected chi connectivity index (χ3v) is 6.29. The van der Waals surface area contributed by atoms with E-state index in [-0.39, 0.29) is 17.2 Å². The van der Waals surface area contributed by atoms with E-state index < -0.39 is 0 Å². The number of amides is 1. The van der Waals surface area contributed by atoms with E-state index >= 15 is 0 Å². The summed E-state index contributed by atoms with van der Waals surface area (Å²) in [6.45, 7) is 3.64. The van der Waals surface area contributed by atoms with Gasteiger partial charge in [-0.05, 0) is 48.7 Å². The normalized spacial score (nSPS) is 11.0. The molecule has 1 N–H and O–H groups in total. The number of rotatable bonds is 10. The van der Waals surface area contributed by atoms with Crippen LogP contribution in [0.5, 0.6) is 0 Å². The van der Waals surface area contributed by atoms with Crippen molar-refractivity contribution in [2.24, 2.45) is 0 Å². The van der Waals surface area contributed by atoms with Crippen LogP contribution in [0.3, 0.4) is 0 Å². The molecule has 174 valence electrons. The number of hydrogen-bond donors (Lipinski definition) is 1. The largest absolute Gasteiger partial charge is 0.382 e. The van der Waals surface area contributed by atoms with Crippen molar-refractivity contribution >= 4 is 34.3 Å². The number of nitrogens with one attached hydrogen (secondary N) is 1. The van der Waals surface area contributed by atoms with E-state index in [2.05, 4.69) is 22.4 Å². The Morgan fingerprint density at radius 2 is 1.68 bits per heavy atom. The van der Waals surface area contributed by atoms with Crippen LogP contribution < -0.4 is 10.9 Å². The Hall–Kier alpha value is -3.42. The Bertz CT molecular complexity index is 1300. The lowest BCUT2D eigenvalue weighted by molar-refractivity contribution is -0.113. The van der Waals surface area contributed by atoms with Gasteiger partial charge in [0.1, 0.15) is 0 Å². The Labute approximate surface area is 203 Å². The van der Waals surface area contributed by atoms with Crippen molar-refractivity contribution in [3.05, 3.63) is 89.2 Å². The van der Waals surface area contributed by atoms with Crippen molar-refractivity contribution in [3.63, 3.8) is 0 Å². The summed E-state index contributed by atoms with van der Waals surface area (Å²) in [6, 6.07) is 25.1. The van der Waals surface area contributed by atoms with Gasteiger partial charge in [-0.2, -0.15) is 0 Å². The monoisotopic (exact) mass is 473 g/mol. The summed E-state index contributed by atoms with van der Waals surface area (Å²) in [5.41, 5.74) is 3.48. The molecule has 0 atom stereocenters. The van der Waals surface area contributed by atoms with Crippen LogP contribution in [0.2, 0.25) is 0 Å². The average molecular weight is 474 g/mol. The van der Waals surface area contributed by atoms with Gasteiger partial charge in [0.05, 0.1) is 16.7 Å². The van der Waals surface area contributed by atoms with Crippen molar-refractivity contribution in [1.29, 1.82) is 0 Å². The van der Waals surface area contributed by atoms with Crippen molar-refractivity contribution in [3.8, 4) is 11.1 Å². The third-order valence-electron chi connectivity index (χ3n) is 5.31. The van der Waals surface area contributed by atoms with Crippen molar-refractivity contribution in [2.75, 3.05) is 24.3 Å². The van der Waals surface area contributed by atoms with Gasteiger partial charge in [-0.25, -0.2) is 4.98 Å². The molecular weight excluding hydrogens is 446 g/mol. The van der Waals surface area contributed by atoms with E-state index in [1.807, 2.05) is 67.6 Å². The number of carbonyl (C=O) groups excluding carboxylic acids is 1. The zero-order valence-electron chi connectivity index (χ0n) is 19.1. The quantitative estimate of drug-likeness (QED) is 0.194. The van der Waals surface area contributed by atoms with Crippen LogP contribution in [0.15, 0.2) is 88.8 Å². The lowest BCUT2D eigenvalue weighted by Crippen LogP contribution is -2.25. The Morgan fingerprint density at radius 1 is 0.971 bits per heavy atom. The van der Waals surface area contributed by atoms with E-state index in [0.29, 0.717) is 42.2 Å². The van der Waals surface area contributed by atoms with Crippen LogP contribution in [-0.2, 0) is 16.1 Å². The molecule has 4 aromatic rings. The smallest absolute Gasteiger partial charge is 0.262 e. The molecule has 0 bridgehead atoms. The Morgan fingerprint density at radius 3 is 2.44 bits per heavy atom. The highest BCUT2D eigenvalue weighted by atomic mass is 32.2. The zero-order chi connectivity index (χ0) is 23.8. The molecule has 6 nitrogen and oxygen atoms in total. The molecule has 0 aliphatic carbocycles. The second-order valence-electron chi connectivity index (χ2n) is 7.70. The summed E-state index contributed by atoms with van der Waals surface area (Å²) in [4.78, 5) is 30.4. The van der Waals surface area contributed by atoms with Gasteiger partial charge in [0.2, 0.25) is 5.91 Å². The lowest BCUT2D eigenvalue weighted by Gasteiger charge is -2.13. The number of anilines is 1. The van der Waals surface area contributed by atoms with Gasteiger partial charge >= 0.3 is 0 Å². The van der Waals surface area contributed by atoms with Crippen LogP contribution >= 0.6 is 11.8 Å². The highest BCUT2D eigenvalue weighted by Crippen LogP contribution is 2.22. The zero-order valence-corrected chi connectivity index (χ0v) is 19.9. The van der Waals surface area contributed by atoms with Crippen LogP contribution in [0.25, 0.3) is 22.0 Å². The minimum absolute atomic E-state index is 0.0958. The second kappa shape index (κ2) is 11.6. The minimum atomic E-state index is -0.152. The van der Waals surface area contributed by atoms with Gasteiger partial charge in [-0.3, -0.25) is 14.2 Å². The summed E-state index contributed by atoms with van der Waals surface area (Å²) in [6.07, 6.45) is 0.696. The molecule has 0 unspecified atom stereocenters. The van der Waals surface area contributed by atoms with Crippen molar-refractivity contribution in [1.82, 2.24) is 9.55 Å². The van der Waals surface area contributed by atoms with Gasteiger partial charge in [0, 0.05) is 25.4 Å². The molecule has 0 radical (unpaired) electrons. The van der Waals surface area contributed by atoms with Gasteiger partial charge in [-0.1, -0.05) is 66.4 Å². The fourth-order valence-electron chi connectivity index (χ4n) is 3.63. The van der Waals surface area contributed by atoms with Gasteiger partial charge in [0.25, 0.3) is 5.56 Å². The number of fused-ring (bicyclic) bond motifs is 1. The van der Waals surface area contributed by atoms with E-state index in [9.17, 15) is 9.59 Å². The number of carbonyl (C=O) groups is 1. The highest BCUT2D eigenvalue weighted by molar-refractivity contribution is 7.99. The molecular formula is C27H27N3O3S. The van der Waals surface area contributed by atoms with Crippen LogP contribution in [0, 0.1) is 0 Å². The summed E-state index contributed by atoms with van der Waals surface area (Å²) < 4.78 is 7.06. The molecule has 0 saturated heterocycles. The van der Waals surface area contributed by atoms with Crippen molar-refractivity contribution < 1.29 is 9.53 Å². The third kappa shape index (κ3) is 5.92. The summed E-state index contributed by atoms with van der Waals surface area (Å²) in [7, 11) is 0. The van der Waals surface area contributed by atoms with E-state index in [0.717, 1.165) is 16.8 Å². The topological polar surface area (TPSA) is 73.2 Å². The first-order chi connectivity index (χ1) is 16.7. The first-order valence-electron chi connectivity index (χ1n) is 11.3. The molecule has 34 heavy (non-hydrogen) atoms.